The first-order chi connectivity index (χ1) is 20.6. The smallest absolute Gasteiger partial charge is 0.534 e. The maximum absolute atomic E-state index is 12.8. The minimum atomic E-state index is -3.39. The highest BCUT2D eigenvalue weighted by Crippen LogP contribution is 2.23. The maximum Gasteiger partial charge on any atom is 0.534 e. The number of nitrogens with one attached hydrogen (secondary N) is 2. The molecule has 0 fully saturated rings. The molecule has 0 saturated carbocycles. The van der Waals surface area contributed by atoms with E-state index in [1.807, 2.05) is 72.8 Å². The summed E-state index contributed by atoms with van der Waals surface area (Å²) in [5, 5.41) is 6.49. The molecule has 0 saturated heterocycles. The number of hydrogen-bond donors (Lipinski definition) is 2. The lowest BCUT2D eigenvalue weighted by atomic mass is 10.2. The lowest BCUT2D eigenvalue weighted by Crippen LogP contribution is -2.50. The van der Waals surface area contributed by atoms with Crippen LogP contribution in [0.5, 0.6) is 11.5 Å². The first-order valence-corrected chi connectivity index (χ1v) is 29.8. The van der Waals surface area contributed by atoms with Crippen molar-refractivity contribution in [3.63, 3.8) is 0 Å². The molecule has 2 N–H and O–H groups in total. The van der Waals surface area contributed by atoms with Crippen molar-refractivity contribution in [2.45, 2.75) is 13.1 Å². The van der Waals surface area contributed by atoms with Gasteiger partial charge in [0.25, 0.3) is 9.28 Å². The Morgan fingerprint density at radius 1 is 0.558 bits per heavy atom. The molecule has 0 atom stereocenters. The van der Waals surface area contributed by atoms with Crippen LogP contribution >= 0.6 is 0 Å². The molecule has 0 unspecified atom stereocenters. The summed E-state index contributed by atoms with van der Waals surface area (Å²) >= 11 is 0. The molecule has 0 aromatic heterocycles. The molecule has 0 amide bonds. The zero-order valence-corrected chi connectivity index (χ0v) is 30.8. The first-order valence-electron chi connectivity index (χ1n) is 13.1. The predicted molar refractivity (Wildman–Crippen MR) is 173 cm³/mol. The van der Waals surface area contributed by atoms with Crippen LogP contribution in [0.3, 0.4) is 0 Å². The molecular formula is C26H28N2O8Si7. The Labute approximate surface area is 258 Å². The highest BCUT2D eigenvalue weighted by Gasteiger charge is 2.46. The number of anilines is 4. The van der Waals surface area contributed by atoms with Crippen molar-refractivity contribution in [2.24, 2.45) is 0 Å². The molecule has 218 valence electrons. The van der Waals surface area contributed by atoms with E-state index in [0.29, 0.717) is 11.5 Å². The molecule has 4 aromatic rings. The van der Waals surface area contributed by atoms with Crippen LogP contribution in [-0.2, 0) is 26.4 Å². The molecule has 0 spiro atoms. The van der Waals surface area contributed by atoms with Gasteiger partial charge >= 0.3 is 47.9 Å². The number of para-hydroxylation sites is 2. The van der Waals surface area contributed by atoms with E-state index in [1.165, 1.54) is 0 Å². The first kappa shape index (κ1) is 32.3. The Hall–Kier alpha value is -3.60. The summed E-state index contributed by atoms with van der Waals surface area (Å²) in [6, 6.07) is 33.2. The summed E-state index contributed by atoms with van der Waals surface area (Å²) in [5.41, 5.74) is 3.50. The SMILES string of the molecule is C[Si](C)(Oc1ccc(Nc2ccccc2)cc1)O[Si](=O)[Si](=O)[Si](=O)[Si](=O)[Si](=O)[SiH2]Oc1ccc(Nc2ccccc2)cc1. The molecule has 0 radical (unpaired) electrons. The Kier molecular flexibility index (Phi) is 11.4. The minimum Gasteiger partial charge on any atom is -0.549 e. The van der Waals surface area contributed by atoms with Crippen molar-refractivity contribution in [1.29, 1.82) is 0 Å². The Morgan fingerprint density at radius 2 is 1.00 bits per heavy atom. The topological polar surface area (TPSA) is 137 Å². The summed E-state index contributed by atoms with van der Waals surface area (Å²) < 4.78 is 80.6. The fourth-order valence-electron chi connectivity index (χ4n) is 3.73. The molecule has 4 aromatic carbocycles. The zero-order valence-electron chi connectivity index (χ0n) is 23.4. The third-order valence-corrected chi connectivity index (χ3v) is 43.3. The lowest BCUT2D eigenvalue weighted by Gasteiger charge is -2.23. The van der Waals surface area contributed by atoms with Crippen LogP contribution in [0.4, 0.5) is 22.7 Å². The van der Waals surface area contributed by atoms with Gasteiger partial charge in [-0.05, 0) is 72.8 Å². The second-order valence-corrected chi connectivity index (χ2v) is 37.9. The van der Waals surface area contributed by atoms with Crippen LogP contribution in [0.1, 0.15) is 0 Å². The van der Waals surface area contributed by atoms with Gasteiger partial charge in [-0.2, -0.15) is 0 Å². The molecule has 0 aliphatic heterocycles. The van der Waals surface area contributed by atoms with Gasteiger partial charge in [0, 0.05) is 35.8 Å². The monoisotopic (exact) mass is 692 g/mol. The number of benzene rings is 4. The second-order valence-electron chi connectivity index (χ2n) is 9.62. The summed E-state index contributed by atoms with van der Waals surface area (Å²) in [6.07, 6.45) is 0. The van der Waals surface area contributed by atoms with Crippen LogP contribution in [-0.4, -0.2) is 57.2 Å². The van der Waals surface area contributed by atoms with E-state index in [1.54, 1.807) is 49.5 Å². The van der Waals surface area contributed by atoms with E-state index < -0.39 is 57.2 Å². The van der Waals surface area contributed by atoms with Crippen LogP contribution < -0.4 is 19.5 Å². The Bertz CT molecular complexity index is 1630. The van der Waals surface area contributed by atoms with Gasteiger partial charge in [-0.15, -0.1) is 0 Å². The van der Waals surface area contributed by atoms with E-state index in [2.05, 4.69) is 10.6 Å². The summed E-state index contributed by atoms with van der Waals surface area (Å²) in [5.74, 6) is 0.902. The summed E-state index contributed by atoms with van der Waals surface area (Å²) in [4.78, 5) is 0. The molecule has 4 rings (SSSR count). The van der Waals surface area contributed by atoms with Crippen molar-refractivity contribution in [3.05, 3.63) is 109 Å². The van der Waals surface area contributed by atoms with E-state index in [0.717, 1.165) is 22.7 Å². The Balaban J connectivity index is 1.24. The molecule has 0 aliphatic carbocycles. The number of rotatable bonds is 15. The maximum atomic E-state index is 12.8. The summed E-state index contributed by atoms with van der Waals surface area (Å²) in [6.45, 7) is 3.23. The Morgan fingerprint density at radius 3 is 1.49 bits per heavy atom. The van der Waals surface area contributed by atoms with Crippen molar-refractivity contribution in [2.75, 3.05) is 10.6 Å². The minimum absolute atomic E-state index is 0.441. The van der Waals surface area contributed by atoms with Crippen molar-refractivity contribution in [1.82, 2.24) is 0 Å². The molecule has 10 nitrogen and oxygen atoms in total. The zero-order chi connectivity index (χ0) is 30.8. The van der Waals surface area contributed by atoms with Crippen LogP contribution in [0.25, 0.3) is 0 Å². The fraction of sp³-hybridized carbons (Fsp3) is 0.0769. The normalized spacial score (nSPS) is 10.9. The van der Waals surface area contributed by atoms with Gasteiger partial charge in [-0.25, -0.2) is 0 Å². The van der Waals surface area contributed by atoms with E-state index in [9.17, 15) is 22.3 Å². The van der Waals surface area contributed by atoms with E-state index >= 15 is 0 Å². The lowest BCUT2D eigenvalue weighted by molar-refractivity contribution is 0.379. The van der Waals surface area contributed by atoms with Gasteiger partial charge in [-0.1, -0.05) is 36.4 Å². The standard InChI is InChI=1S/C26H28N2O8Si7/c1-43(2,35-26-19-15-24(16-20-26)28-22-11-7-4-8-12-22)36-38(29)40(31)42(33)41(32)39(30)37-34-25-17-13-23(14-18-25)27-21-9-5-3-6-10-21/h3-20,27-28H,37H2,1-2H3. The van der Waals surface area contributed by atoms with Crippen molar-refractivity contribution >= 4 is 79.9 Å². The van der Waals surface area contributed by atoms with Crippen molar-refractivity contribution in [3.8, 4) is 11.5 Å². The third kappa shape index (κ3) is 9.98. The third-order valence-electron chi connectivity index (χ3n) is 5.76. The second kappa shape index (κ2) is 15.2. The molecule has 0 bridgehead atoms. The largest absolute Gasteiger partial charge is 0.549 e. The average Bonchev–Trinajstić information content (AvgIpc) is 3.01. The predicted octanol–water partition coefficient (Wildman–Crippen LogP) is 3.85. The van der Waals surface area contributed by atoms with Gasteiger partial charge in [0.1, 0.15) is 11.5 Å². The van der Waals surface area contributed by atoms with E-state index in [-0.39, 0.29) is 0 Å². The quantitative estimate of drug-likeness (QED) is 0.177. The number of hydrogen-bond acceptors (Lipinski definition) is 10. The van der Waals surface area contributed by atoms with Gasteiger partial charge in [0.2, 0.25) is 0 Å². The molecular weight excluding hydrogens is 665 g/mol. The van der Waals surface area contributed by atoms with Gasteiger partial charge in [0.05, 0.1) is 0 Å². The molecule has 43 heavy (non-hydrogen) atoms. The average molecular weight is 693 g/mol. The molecule has 17 heteroatoms. The van der Waals surface area contributed by atoms with Gasteiger partial charge < -0.3 is 45.9 Å². The van der Waals surface area contributed by atoms with Crippen LogP contribution in [0.15, 0.2) is 109 Å². The summed E-state index contributed by atoms with van der Waals surface area (Å²) in [7, 11) is -21.2. The highest BCUT2D eigenvalue weighted by molar-refractivity contribution is 7.65. The molecule has 0 aliphatic rings. The van der Waals surface area contributed by atoms with Crippen molar-refractivity contribution < 1.29 is 35.3 Å². The van der Waals surface area contributed by atoms with Crippen LogP contribution in [0.2, 0.25) is 13.1 Å². The van der Waals surface area contributed by atoms with E-state index in [4.69, 9.17) is 13.0 Å². The highest BCUT2D eigenvalue weighted by atomic mass is 29.9. The fourth-order valence-corrected chi connectivity index (χ4v) is 50.4. The van der Waals surface area contributed by atoms with Crippen LogP contribution in [0, 0.1) is 0 Å². The molecule has 0 heterocycles. The van der Waals surface area contributed by atoms with Gasteiger partial charge in [0.15, 0.2) is 0 Å². The van der Waals surface area contributed by atoms with Gasteiger partial charge in [-0.3, -0.25) is 0 Å².